The van der Waals surface area contributed by atoms with Crippen LogP contribution in [0.3, 0.4) is 0 Å². The van der Waals surface area contributed by atoms with Gasteiger partial charge in [0.25, 0.3) is 0 Å². The number of fused-ring (bicyclic) bond motifs is 1. The zero-order valence-electron chi connectivity index (χ0n) is 12.1. The van der Waals surface area contributed by atoms with Gasteiger partial charge in [-0.1, -0.05) is 41.6 Å². The fourth-order valence-electron chi connectivity index (χ4n) is 2.21. The van der Waals surface area contributed by atoms with Crippen LogP contribution in [0.1, 0.15) is 5.69 Å². The molecule has 0 saturated carbocycles. The van der Waals surface area contributed by atoms with E-state index in [2.05, 4.69) is 15.1 Å². The Hall–Kier alpha value is -2.12. The first kappa shape index (κ1) is 15.8. The molecule has 118 valence electrons. The van der Waals surface area contributed by atoms with Crippen LogP contribution in [0.25, 0.3) is 16.8 Å². The van der Waals surface area contributed by atoms with Crippen LogP contribution in [0.15, 0.2) is 45.8 Å². The van der Waals surface area contributed by atoms with Crippen LogP contribution >= 0.6 is 23.4 Å². The molecule has 1 aromatic carbocycles. The van der Waals surface area contributed by atoms with Crippen LogP contribution in [-0.2, 0) is 0 Å². The molecule has 0 aliphatic heterocycles. The normalized spacial score (nSPS) is 11.6. The van der Waals surface area contributed by atoms with Crippen LogP contribution in [0.2, 0.25) is 0 Å². The summed E-state index contributed by atoms with van der Waals surface area (Å²) in [5.41, 5.74) is 3.60. The van der Waals surface area contributed by atoms with Crippen molar-refractivity contribution in [3.05, 3.63) is 57.9 Å². The minimum Gasteiger partial charge on any atom is -0.285 e. The monoisotopic (exact) mass is 350 g/mol. The van der Waals surface area contributed by atoms with E-state index in [1.54, 1.807) is 25.1 Å². The first-order valence-corrected chi connectivity index (χ1v) is 8.16. The number of rotatable bonds is 4. The van der Waals surface area contributed by atoms with E-state index in [4.69, 9.17) is 11.6 Å². The molecule has 0 aliphatic rings. The number of nitrogens with zero attached hydrogens (tertiary/aromatic N) is 3. The third-order valence-corrected chi connectivity index (χ3v) is 4.19. The van der Waals surface area contributed by atoms with Gasteiger partial charge in [0, 0.05) is 16.9 Å². The van der Waals surface area contributed by atoms with E-state index in [1.807, 2.05) is 0 Å². The second-order valence-corrected chi connectivity index (χ2v) is 5.98. The summed E-state index contributed by atoms with van der Waals surface area (Å²) in [6.45, 7) is 1.79. The number of aromatic nitrogens is 4. The lowest BCUT2D eigenvalue weighted by Gasteiger charge is -2.02. The van der Waals surface area contributed by atoms with Crippen molar-refractivity contribution in [1.82, 2.24) is 19.6 Å². The summed E-state index contributed by atoms with van der Waals surface area (Å²) in [5.74, 6) is 0.263. The zero-order chi connectivity index (χ0) is 16.4. The Morgan fingerprint density at radius 1 is 1.39 bits per heavy atom. The molecule has 0 bridgehead atoms. The number of thioether (sulfide) groups is 1. The molecule has 0 aliphatic carbocycles. The Kier molecular flexibility index (Phi) is 4.49. The molecule has 23 heavy (non-hydrogen) atoms. The van der Waals surface area contributed by atoms with Gasteiger partial charge in [-0.15, -0.1) is 0 Å². The quantitative estimate of drug-likeness (QED) is 0.733. The molecule has 3 rings (SSSR count). The molecule has 0 spiro atoms. The molecule has 2 aromatic heterocycles. The van der Waals surface area contributed by atoms with Gasteiger partial charge in [0.05, 0.1) is 5.69 Å². The SMILES string of the molecule is Cc1nn2c(=O)[nH]c(SC/C=C/Cl)nc2c1-c1ccc(F)cc1. The number of benzene rings is 1. The molecule has 0 radical (unpaired) electrons. The van der Waals surface area contributed by atoms with Crippen molar-refractivity contribution in [3.63, 3.8) is 0 Å². The number of nitrogens with one attached hydrogen (secondary N) is 1. The Morgan fingerprint density at radius 2 is 2.13 bits per heavy atom. The molecule has 5 nitrogen and oxygen atoms in total. The predicted octanol–water partition coefficient (Wildman–Crippen LogP) is 3.38. The Bertz CT molecular complexity index is 933. The first-order chi connectivity index (χ1) is 11.1. The Labute approximate surface area is 140 Å². The van der Waals surface area contributed by atoms with Gasteiger partial charge < -0.3 is 0 Å². The number of H-pyrrole nitrogens is 1. The highest BCUT2D eigenvalue weighted by molar-refractivity contribution is 7.99. The molecule has 0 fully saturated rings. The lowest BCUT2D eigenvalue weighted by molar-refractivity contribution is 0.628. The number of hydrogen-bond donors (Lipinski definition) is 1. The summed E-state index contributed by atoms with van der Waals surface area (Å²) in [6.07, 6.45) is 1.75. The number of aryl methyl sites for hydroxylation is 1. The molecular formula is C15H12ClFN4OS. The summed E-state index contributed by atoms with van der Waals surface area (Å²) in [5, 5.41) is 4.69. The average molecular weight is 351 g/mol. The lowest BCUT2D eigenvalue weighted by Crippen LogP contribution is -2.19. The average Bonchev–Trinajstić information content (AvgIpc) is 2.86. The van der Waals surface area contributed by atoms with Gasteiger partial charge in [-0.3, -0.25) is 4.98 Å². The van der Waals surface area contributed by atoms with Gasteiger partial charge in [-0.25, -0.2) is 14.2 Å². The molecule has 0 unspecified atom stereocenters. The van der Waals surface area contributed by atoms with E-state index in [0.717, 1.165) is 5.56 Å². The Balaban J connectivity index is 2.15. The second kappa shape index (κ2) is 6.55. The van der Waals surface area contributed by atoms with E-state index in [9.17, 15) is 9.18 Å². The van der Waals surface area contributed by atoms with Crippen molar-refractivity contribution >= 4 is 29.0 Å². The molecular weight excluding hydrogens is 339 g/mol. The molecule has 2 heterocycles. The van der Waals surface area contributed by atoms with Crippen molar-refractivity contribution in [3.8, 4) is 11.1 Å². The highest BCUT2D eigenvalue weighted by Crippen LogP contribution is 2.27. The van der Waals surface area contributed by atoms with Crippen molar-refractivity contribution < 1.29 is 4.39 Å². The van der Waals surface area contributed by atoms with Gasteiger partial charge >= 0.3 is 5.69 Å². The molecule has 3 aromatic rings. The third kappa shape index (κ3) is 3.16. The summed E-state index contributed by atoms with van der Waals surface area (Å²) in [6, 6.07) is 6.02. The smallest absolute Gasteiger partial charge is 0.285 e. The molecule has 1 N–H and O–H groups in total. The summed E-state index contributed by atoms with van der Waals surface area (Å²) in [4.78, 5) is 19.3. The minimum atomic E-state index is -0.371. The van der Waals surface area contributed by atoms with Crippen LogP contribution in [-0.4, -0.2) is 25.3 Å². The standard InChI is InChI=1S/C15H12ClFN4OS/c1-9-12(10-3-5-11(17)6-4-10)13-18-14(23-8-2-7-16)19-15(22)21(13)20-9/h2-7H,8H2,1H3,(H,18,19,22)/b7-2+. The van der Waals surface area contributed by atoms with Gasteiger partial charge in [-0.05, 0) is 24.6 Å². The van der Waals surface area contributed by atoms with E-state index < -0.39 is 0 Å². The predicted molar refractivity (Wildman–Crippen MR) is 89.5 cm³/mol. The molecule has 0 saturated heterocycles. The van der Waals surface area contributed by atoms with Crippen LogP contribution in [0.4, 0.5) is 4.39 Å². The second-order valence-electron chi connectivity index (χ2n) is 4.72. The van der Waals surface area contributed by atoms with Crippen molar-refractivity contribution in [1.29, 1.82) is 0 Å². The van der Waals surface area contributed by atoms with E-state index in [-0.39, 0.29) is 11.5 Å². The lowest BCUT2D eigenvalue weighted by atomic mass is 10.1. The van der Waals surface area contributed by atoms with Gasteiger partial charge in [-0.2, -0.15) is 9.61 Å². The van der Waals surface area contributed by atoms with Crippen LogP contribution in [0, 0.1) is 12.7 Å². The maximum atomic E-state index is 13.1. The van der Waals surface area contributed by atoms with Crippen molar-refractivity contribution in [2.45, 2.75) is 12.1 Å². The fraction of sp³-hybridized carbons (Fsp3) is 0.133. The first-order valence-electron chi connectivity index (χ1n) is 6.74. The molecule has 0 atom stereocenters. The molecule has 0 amide bonds. The summed E-state index contributed by atoms with van der Waals surface area (Å²) < 4.78 is 14.3. The van der Waals surface area contributed by atoms with Gasteiger partial charge in [0.2, 0.25) is 0 Å². The highest BCUT2D eigenvalue weighted by atomic mass is 35.5. The minimum absolute atomic E-state index is 0.321. The maximum Gasteiger partial charge on any atom is 0.350 e. The number of hydrogen-bond acceptors (Lipinski definition) is 4. The number of halogens is 2. The summed E-state index contributed by atoms with van der Waals surface area (Å²) in [7, 11) is 0. The number of aromatic amines is 1. The van der Waals surface area contributed by atoms with Crippen molar-refractivity contribution in [2.75, 3.05) is 5.75 Å². The highest BCUT2D eigenvalue weighted by Gasteiger charge is 2.16. The van der Waals surface area contributed by atoms with E-state index in [1.165, 1.54) is 33.9 Å². The molecule has 8 heteroatoms. The Morgan fingerprint density at radius 3 is 2.83 bits per heavy atom. The largest absolute Gasteiger partial charge is 0.350 e. The van der Waals surface area contributed by atoms with Crippen molar-refractivity contribution in [2.24, 2.45) is 0 Å². The third-order valence-electron chi connectivity index (χ3n) is 3.19. The van der Waals surface area contributed by atoms with E-state index >= 15 is 0 Å². The van der Waals surface area contributed by atoms with Gasteiger partial charge in [0.15, 0.2) is 10.8 Å². The van der Waals surface area contributed by atoms with Crippen LogP contribution < -0.4 is 5.69 Å². The fourth-order valence-corrected chi connectivity index (χ4v) is 3.07. The van der Waals surface area contributed by atoms with Crippen LogP contribution in [0.5, 0.6) is 0 Å². The maximum absolute atomic E-state index is 13.1. The topological polar surface area (TPSA) is 63.1 Å². The zero-order valence-corrected chi connectivity index (χ0v) is 13.7. The summed E-state index contributed by atoms with van der Waals surface area (Å²) >= 11 is 6.84. The van der Waals surface area contributed by atoms with E-state index in [0.29, 0.717) is 27.8 Å². The van der Waals surface area contributed by atoms with Gasteiger partial charge in [0.1, 0.15) is 5.82 Å².